The topological polar surface area (TPSA) is 67.5 Å². The molecule has 1 aromatic carbocycles. The summed E-state index contributed by atoms with van der Waals surface area (Å²) in [5.74, 6) is 3.15. The molecule has 0 spiro atoms. The Morgan fingerprint density at radius 3 is 2.42 bits per heavy atom. The third-order valence-corrected chi connectivity index (χ3v) is 4.58. The molecule has 0 amide bonds. The molecule has 2 unspecified atom stereocenters. The molecule has 1 aromatic heterocycles. The Hall–Kier alpha value is -2.08. The van der Waals surface area contributed by atoms with Crippen LogP contribution in [0.25, 0.3) is 10.9 Å². The van der Waals surface area contributed by atoms with Crippen molar-refractivity contribution in [2.24, 2.45) is 11.8 Å². The van der Waals surface area contributed by atoms with Crippen LogP contribution in [0.1, 0.15) is 26.1 Å². The van der Waals surface area contributed by atoms with Crippen molar-refractivity contribution in [3.8, 4) is 11.5 Å². The highest BCUT2D eigenvalue weighted by Crippen LogP contribution is 2.30. The van der Waals surface area contributed by atoms with Gasteiger partial charge in [-0.3, -0.25) is 9.69 Å². The Morgan fingerprint density at radius 2 is 1.79 bits per heavy atom. The van der Waals surface area contributed by atoms with E-state index in [1.165, 1.54) is 6.42 Å². The lowest BCUT2D eigenvalue weighted by atomic mass is 9.92. The summed E-state index contributed by atoms with van der Waals surface area (Å²) in [5.41, 5.74) is 0.485. The van der Waals surface area contributed by atoms with Crippen LogP contribution in [0.15, 0.2) is 16.9 Å². The van der Waals surface area contributed by atoms with Crippen LogP contribution in [0.4, 0.5) is 0 Å². The number of rotatable bonds is 4. The van der Waals surface area contributed by atoms with E-state index in [-0.39, 0.29) is 5.56 Å². The molecule has 0 radical (unpaired) electrons. The first kappa shape index (κ1) is 16.8. The second-order valence-corrected chi connectivity index (χ2v) is 6.88. The number of hydrogen-bond donors (Lipinski definition) is 1. The molecule has 2 atom stereocenters. The molecular formula is C18H25N3O3. The van der Waals surface area contributed by atoms with Gasteiger partial charge in [-0.25, -0.2) is 4.98 Å². The maximum atomic E-state index is 12.4. The lowest BCUT2D eigenvalue weighted by Crippen LogP contribution is -2.38. The van der Waals surface area contributed by atoms with E-state index in [1.54, 1.807) is 26.4 Å². The quantitative estimate of drug-likeness (QED) is 0.932. The minimum atomic E-state index is -0.144. The van der Waals surface area contributed by atoms with Crippen LogP contribution in [0, 0.1) is 11.8 Å². The van der Waals surface area contributed by atoms with Crippen LogP contribution in [0.5, 0.6) is 11.5 Å². The van der Waals surface area contributed by atoms with Crippen molar-refractivity contribution in [3.05, 3.63) is 28.3 Å². The molecule has 2 aromatic rings. The predicted molar refractivity (Wildman–Crippen MR) is 93.7 cm³/mol. The first-order valence-corrected chi connectivity index (χ1v) is 8.37. The Bertz CT molecular complexity index is 777. The lowest BCUT2D eigenvalue weighted by Gasteiger charge is -2.34. The summed E-state index contributed by atoms with van der Waals surface area (Å²) in [6.45, 7) is 7.29. The summed E-state index contributed by atoms with van der Waals surface area (Å²) in [4.78, 5) is 22.3. The molecular weight excluding hydrogens is 306 g/mol. The number of nitrogens with zero attached hydrogens (tertiary/aromatic N) is 2. The summed E-state index contributed by atoms with van der Waals surface area (Å²) in [6.07, 6.45) is 1.26. The summed E-state index contributed by atoms with van der Waals surface area (Å²) in [5, 5.41) is 0.511. The van der Waals surface area contributed by atoms with E-state index in [9.17, 15) is 4.79 Å². The zero-order valence-electron chi connectivity index (χ0n) is 14.8. The molecule has 1 N–H and O–H groups in total. The Morgan fingerprint density at radius 1 is 1.17 bits per heavy atom. The van der Waals surface area contributed by atoms with Crippen LogP contribution < -0.4 is 15.0 Å². The molecule has 1 fully saturated rings. The maximum Gasteiger partial charge on any atom is 0.258 e. The van der Waals surface area contributed by atoms with Crippen molar-refractivity contribution in [1.29, 1.82) is 0 Å². The average molecular weight is 331 g/mol. The molecule has 6 nitrogen and oxygen atoms in total. The summed E-state index contributed by atoms with van der Waals surface area (Å²) >= 11 is 0. The second-order valence-electron chi connectivity index (χ2n) is 6.88. The maximum absolute atomic E-state index is 12.4. The molecule has 0 saturated carbocycles. The van der Waals surface area contributed by atoms with Crippen LogP contribution in [-0.4, -0.2) is 42.2 Å². The standard InChI is InChI=1S/C18H25N3O3/c1-11-5-12(2)9-21(8-11)10-17-19-14-7-16(24-4)15(23-3)6-13(14)18(22)20-17/h6-7,11-12H,5,8-10H2,1-4H3,(H,19,20,22). The highest BCUT2D eigenvalue weighted by atomic mass is 16.5. The SMILES string of the molecule is COc1cc2nc(CN3CC(C)CC(C)C3)[nH]c(=O)c2cc1OC. The monoisotopic (exact) mass is 331 g/mol. The number of hydrogen-bond acceptors (Lipinski definition) is 5. The van der Waals surface area contributed by atoms with Gasteiger partial charge in [0.1, 0.15) is 5.82 Å². The Kier molecular flexibility index (Phi) is 4.76. The highest BCUT2D eigenvalue weighted by molar-refractivity contribution is 5.81. The summed E-state index contributed by atoms with van der Waals surface area (Å²) in [7, 11) is 3.13. The number of ether oxygens (including phenoxy) is 2. The fraction of sp³-hybridized carbons (Fsp3) is 0.556. The van der Waals surface area contributed by atoms with E-state index in [0.29, 0.717) is 46.6 Å². The van der Waals surface area contributed by atoms with Gasteiger partial charge in [-0.05, 0) is 24.3 Å². The zero-order chi connectivity index (χ0) is 17.3. The molecule has 130 valence electrons. The average Bonchev–Trinajstić information content (AvgIpc) is 2.52. The number of fused-ring (bicyclic) bond motifs is 1. The Balaban J connectivity index is 1.93. The van der Waals surface area contributed by atoms with Crippen LogP contribution in [0.3, 0.4) is 0 Å². The summed E-state index contributed by atoms with van der Waals surface area (Å²) < 4.78 is 10.6. The van der Waals surface area contributed by atoms with Crippen LogP contribution >= 0.6 is 0 Å². The van der Waals surface area contributed by atoms with Crippen LogP contribution in [-0.2, 0) is 6.54 Å². The number of methoxy groups -OCH3 is 2. The number of H-pyrrole nitrogens is 1. The van der Waals surface area contributed by atoms with Crippen LogP contribution in [0.2, 0.25) is 0 Å². The predicted octanol–water partition coefficient (Wildman–Crippen LogP) is 2.42. The van der Waals surface area contributed by atoms with E-state index < -0.39 is 0 Å². The van der Waals surface area contributed by atoms with Crippen molar-refractivity contribution in [3.63, 3.8) is 0 Å². The first-order chi connectivity index (χ1) is 11.5. The second kappa shape index (κ2) is 6.81. The molecule has 0 aliphatic carbocycles. The number of aromatic amines is 1. The minimum Gasteiger partial charge on any atom is -0.493 e. The molecule has 3 rings (SSSR count). The first-order valence-electron chi connectivity index (χ1n) is 8.37. The van der Waals surface area contributed by atoms with E-state index in [2.05, 4.69) is 28.7 Å². The number of piperidine rings is 1. The van der Waals surface area contributed by atoms with Gasteiger partial charge in [0.15, 0.2) is 11.5 Å². The molecule has 2 heterocycles. The number of likely N-dealkylation sites (tertiary alicyclic amines) is 1. The van der Waals surface area contributed by atoms with Crippen molar-refractivity contribution >= 4 is 10.9 Å². The van der Waals surface area contributed by atoms with Gasteiger partial charge in [0.25, 0.3) is 5.56 Å². The fourth-order valence-corrected chi connectivity index (χ4v) is 3.72. The summed E-state index contributed by atoms with van der Waals surface area (Å²) in [6, 6.07) is 3.43. The zero-order valence-corrected chi connectivity index (χ0v) is 14.8. The van der Waals surface area contributed by atoms with Gasteiger partial charge < -0.3 is 14.5 Å². The van der Waals surface area contributed by atoms with Crippen molar-refractivity contribution in [1.82, 2.24) is 14.9 Å². The van der Waals surface area contributed by atoms with Gasteiger partial charge in [0.05, 0.1) is 31.7 Å². The van der Waals surface area contributed by atoms with E-state index in [4.69, 9.17) is 9.47 Å². The molecule has 1 aliphatic rings. The highest BCUT2D eigenvalue weighted by Gasteiger charge is 2.22. The number of benzene rings is 1. The van der Waals surface area contributed by atoms with Crippen molar-refractivity contribution in [2.75, 3.05) is 27.3 Å². The van der Waals surface area contributed by atoms with Gasteiger partial charge >= 0.3 is 0 Å². The minimum absolute atomic E-state index is 0.144. The smallest absolute Gasteiger partial charge is 0.258 e. The fourth-order valence-electron chi connectivity index (χ4n) is 3.72. The third-order valence-electron chi connectivity index (χ3n) is 4.58. The van der Waals surface area contributed by atoms with E-state index >= 15 is 0 Å². The lowest BCUT2D eigenvalue weighted by molar-refractivity contribution is 0.131. The van der Waals surface area contributed by atoms with E-state index in [0.717, 1.165) is 13.1 Å². The molecule has 24 heavy (non-hydrogen) atoms. The normalized spacial score (nSPS) is 21.8. The third kappa shape index (κ3) is 3.38. The van der Waals surface area contributed by atoms with Crippen molar-refractivity contribution in [2.45, 2.75) is 26.8 Å². The van der Waals surface area contributed by atoms with Crippen molar-refractivity contribution < 1.29 is 9.47 Å². The molecule has 1 aliphatic heterocycles. The van der Waals surface area contributed by atoms with Gasteiger partial charge in [0, 0.05) is 19.2 Å². The van der Waals surface area contributed by atoms with Gasteiger partial charge in [0.2, 0.25) is 0 Å². The number of nitrogens with one attached hydrogen (secondary N) is 1. The van der Waals surface area contributed by atoms with Gasteiger partial charge in [-0.15, -0.1) is 0 Å². The van der Waals surface area contributed by atoms with Gasteiger partial charge in [-0.1, -0.05) is 13.8 Å². The van der Waals surface area contributed by atoms with E-state index in [1.807, 2.05) is 0 Å². The Labute approximate surface area is 141 Å². The van der Waals surface area contributed by atoms with Gasteiger partial charge in [-0.2, -0.15) is 0 Å². The molecule has 6 heteroatoms. The molecule has 0 bridgehead atoms. The number of aromatic nitrogens is 2. The molecule has 1 saturated heterocycles. The largest absolute Gasteiger partial charge is 0.493 e.